The summed E-state index contributed by atoms with van der Waals surface area (Å²) in [5, 5.41) is 16.3. The first-order valence-corrected chi connectivity index (χ1v) is 16.7. The van der Waals surface area contributed by atoms with Gasteiger partial charge in [-0.1, -0.05) is 25.5 Å². The van der Waals surface area contributed by atoms with Gasteiger partial charge in [0.2, 0.25) is 10.9 Å². The van der Waals surface area contributed by atoms with E-state index in [2.05, 4.69) is 13.0 Å². The van der Waals surface area contributed by atoms with E-state index in [-0.39, 0.29) is 41.8 Å². The summed E-state index contributed by atoms with van der Waals surface area (Å²) in [7, 11) is 1.36. The minimum absolute atomic E-state index is 0.0157. The molecular weight excluding hydrogens is 611 g/mol. The summed E-state index contributed by atoms with van der Waals surface area (Å²) >= 11 is 0.526. The van der Waals surface area contributed by atoms with Crippen molar-refractivity contribution < 1.29 is 37.8 Å². The lowest BCUT2D eigenvalue weighted by molar-refractivity contribution is -0.175. The number of halogens is 1. The van der Waals surface area contributed by atoms with E-state index >= 15 is 0 Å². The summed E-state index contributed by atoms with van der Waals surface area (Å²) in [6.45, 7) is 4.16. The lowest BCUT2D eigenvalue weighted by Gasteiger charge is -2.60. The largest absolute Gasteiger partial charge is 0.465 e. The number of fused-ring (bicyclic) bond motifs is 6. The Labute approximate surface area is 270 Å². The van der Waals surface area contributed by atoms with Gasteiger partial charge in [0, 0.05) is 5.41 Å². The molecule has 242 valence electrons. The highest BCUT2D eigenvalue weighted by Crippen LogP contribution is 2.69. The molecule has 4 aliphatic rings. The maximum atomic E-state index is 13.7. The van der Waals surface area contributed by atoms with Gasteiger partial charge in [0.1, 0.15) is 6.01 Å². The molecule has 46 heavy (non-hydrogen) atoms. The first kappa shape index (κ1) is 30.9. The van der Waals surface area contributed by atoms with E-state index in [9.17, 15) is 23.9 Å². The fraction of sp³-hybridized carbons (Fsp3) is 0.486. The van der Waals surface area contributed by atoms with E-state index in [1.807, 2.05) is 23.9 Å². The number of furan rings is 1. The number of methoxy groups -OCH3 is 1. The van der Waals surface area contributed by atoms with Crippen LogP contribution < -0.4 is 0 Å². The standard InChI is InChI=1S/C35H37FN2O7S/c1-33-16-21-18-37-38(23-7-4-6-20(14-23)30(40)43-3)26(21)15-22(33)9-10-24-25-11-12-35(32(42)46-19-36,34(25,2)17-27(39)29(24)33)45-31(41)28-8-5-13-44-28/h4-8,13-15,18,24-25,27,29,39H,9-12,16-17,19H2,1-3H3/t24-,25-,27-,29+,33-,34-,35-/m0/s1. The number of allylic oxidation sites excluding steroid dienone is 1. The number of aromatic nitrogens is 2. The molecule has 1 N–H and O–H groups in total. The Morgan fingerprint density at radius 1 is 1.17 bits per heavy atom. The molecule has 3 saturated carbocycles. The van der Waals surface area contributed by atoms with Crippen molar-refractivity contribution in [2.75, 3.05) is 13.1 Å². The number of alkyl halides is 1. The molecule has 2 heterocycles. The topological polar surface area (TPSA) is 121 Å². The number of aliphatic hydroxyl groups excluding tert-OH is 1. The summed E-state index contributed by atoms with van der Waals surface area (Å²) in [6, 6.07) is 9.31. The third-order valence-electron chi connectivity index (χ3n) is 11.6. The van der Waals surface area contributed by atoms with Gasteiger partial charge in [0.15, 0.2) is 5.60 Å². The Morgan fingerprint density at radius 3 is 2.74 bits per heavy atom. The fourth-order valence-corrected chi connectivity index (χ4v) is 10.3. The van der Waals surface area contributed by atoms with Gasteiger partial charge >= 0.3 is 11.9 Å². The van der Waals surface area contributed by atoms with E-state index in [1.165, 1.54) is 25.0 Å². The number of benzene rings is 1. The summed E-state index contributed by atoms with van der Waals surface area (Å²) in [5.41, 5.74) is 1.63. The zero-order valence-corrected chi connectivity index (χ0v) is 26.8. The van der Waals surface area contributed by atoms with Crippen LogP contribution in [0.4, 0.5) is 4.39 Å². The molecule has 0 aliphatic heterocycles. The molecule has 1 aromatic carbocycles. The molecule has 9 nitrogen and oxygen atoms in total. The minimum atomic E-state index is -1.58. The van der Waals surface area contributed by atoms with Crippen molar-refractivity contribution in [3.05, 3.63) is 77.0 Å². The molecule has 2 aromatic heterocycles. The van der Waals surface area contributed by atoms with Crippen LogP contribution in [0.25, 0.3) is 11.8 Å². The third kappa shape index (κ3) is 4.45. The van der Waals surface area contributed by atoms with Crippen LogP contribution in [0.2, 0.25) is 0 Å². The normalized spacial score (nSPS) is 32.8. The van der Waals surface area contributed by atoms with Gasteiger partial charge < -0.3 is 19.0 Å². The van der Waals surface area contributed by atoms with Crippen molar-refractivity contribution in [3.8, 4) is 5.69 Å². The van der Waals surface area contributed by atoms with E-state index in [1.54, 1.807) is 24.3 Å². The summed E-state index contributed by atoms with van der Waals surface area (Å²) in [4.78, 5) is 39.1. The zero-order valence-electron chi connectivity index (χ0n) is 26.0. The lowest BCUT2D eigenvalue weighted by atomic mass is 9.45. The van der Waals surface area contributed by atoms with Crippen molar-refractivity contribution >= 4 is 34.9 Å². The number of nitrogens with zero attached hydrogens (tertiary/aromatic N) is 2. The second-order valence-corrected chi connectivity index (χ2v) is 14.4. The third-order valence-corrected chi connectivity index (χ3v) is 12.3. The predicted octanol–water partition coefficient (Wildman–Crippen LogP) is 6.19. The van der Waals surface area contributed by atoms with Crippen LogP contribution in [0.5, 0.6) is 0 Å². The quantitative estimate of drug-likeness (QED) is 0.312. The van der Waals surface area contributed by atoms with Gasteiger partial charge in [-0.2, -0.15) is 5.10 Å². The number of aliphatic hydroxyl groups is 1. The maximum Gasteiger partial charge on any atom is 0.375 e. The number of hydrogen-bond donors (Lipinski definition) is 1. The molecule has 7 atom stereocenters. The molecule has 3 fully saturated rings. The first-order chi connectivity index (χ1) is 22.1. The van der Waals surface area contributed by atoms with Gasteiger partial charge in [-0.05, 0) is 115 Å². The Kier molecular flexibility index (Phi) is 7.55. The van der Waals surface area contributed by atoms with Gasteiger partial charge in [0.05, 0.1) is 42.6 Å². The van der Waals surface area contributed by atoms with Crippen molar-refractivity contribution in [1.82, 2.24) is 9.78 Å². The van der Waals surface area contributed by atoms with Gasteiger partial charge in [-0.25, -0.2) is 18.7 Å². The Hall–Kier alpha value is -3.70. The highest BCUT2D eigenvalue weighted by atomic mass is 32.2. The van der Waals surface area contributed by atoms with Crippen LogP contribution in [0.3, 0.4) is 0 Å². The lowest BCUT2D eigenvalue weighted by Crippen LogP contribution is -2.62. The molecule has 4 aliphatic carbocycles. The number of rotatable bonds is 6. The van der Waals surface area contributed by atoms with Crippen LogP contribution in [0.15, 0.2) is 58.8 Å². The fourth-order valence-electron chi connectivity index (χ4n) is 9.57. The number of thioether (sulfide) groups is 1. The Morgan fingerprint density at radius 2 is 2.00 bits per heavy atom. The SMILES string of the molecule is COC(=O)c1cccc(-n2ncc3c2C=C2CC[C@@H]4[C@H]([C@@H](O)C[C@@]5(C)[C@H]4CC[C@]5(OC(=O)c4ccco4)C(=O)SCF)[C@@]2(C)C3)c1. The Balaban J connectivity index is 1.22. The Bertz CT molecular complexity index is 1740. The van der Waals surface area contributed by atoms with E-state index in [0.29, 0.717) is 30.2 Å². The molecule has 11 heteroatoms. The predicted molar refractivity (Wildman–Crippen MR) is 168 cm³/mol. The van der Waals surface area contributed by atoms with Crippen LogP contribution in [-0.4, -0.2) is 56.8 Å². The van der Waals surface area contributed by atoms with Crippen LogP contribution in [0, 0.1) is 28.6 Å². The highest BCUT2D eigenvalue weighted by Gasteiger charge is 2.70. The zero-order chi connectivity index (χ0) is 32.4. The summed E-state index contributed by atoms with van der Waals surface area (Å²) < 4.78 is 31.7. The van der Waals surface area contributed by atoms with E-state index in [0.717, 1.165) is 29.8 Å². The van der Waals surface area contributed by atoms with Gasteiger partial charge in [0.25, 0.3) is 0 Å². The number of carbonyl (C=O) groups excluding carboxylic acids is 3. The second kappa shape index (κ2) is 11.2. The molecule has 0 amide bonds. The molecule has 0 radical (unpaired) electrons. The molecule has 0 spiro atoms. The van der Waals surface area contributed by atoms with Crippen LogP contribution in [-0.2, 0) is 20.7 Å². The molecule has 0 unspecified atom stereocenters. The summed E-state index contributed by atoms with van der Waals surface area (Å²) in [6.07, 6.45) is 8.07. The summed E-state index contributed by atoms with van der Waals surface area (Å²) in [5.74, 6) is -1.23. The van der Waals surface area contributed by atoms with Crippen molar-refractivity contribution in [3.63, 3.8) is 0 Å². The molecule has 3 aromatic rings. The van der Waals surface area contributed by atoms with Crippen LogP contribution in [0.1, 0.15) is 78.1 Å². The maximum absolute atomic E-state index is 13.7. The van der Waals surface area contributed by atoms with Crippen molar-refractivity contribution in [2.24, 2.45) is 28.6 Å². The molecule has 7 rings (SSSR count). The first-order valence-electron chi connectivity index (χ1n) is 15.7. The molecular formula is C35H37FN2O7S. The van der Waals surface area contributed by atoms with Gasteiger partial charge in [-0.3, -0.25) is 4.79 Å². The van der Waals surface area contributed by atoms with Crippen molar-refractivity contribution in [1.29, 1.82) is 0 Å². The van der Waals surface area contributed by atoms with E-state index in [4.69, 9.17) is 19.0 Å². The number of ether oxygens (including phenoxy) is 2. The average Bonchev–Trinajstić information content (AvgIpc) is 3.78. The van der Waals surface area contributed by atoms with Crippen molar-refractivity contribution in [2.45, 2.75) is 64.1 Å². The monoisotopic (exact) mass is 648 g/mol. The van der Waals surface area contributed by atoms with Crippen LogP contribution >= 0.6 is 11.8 Å². The molecule has 0 bridgehead atoms. The number of esters is 2. The number of carbonyl (C=O) groups is 3. The molecule has 0 saturated heterocycles. The smallest absolute Gasteiger partial charge is 0.375 e. The van der Waals surface area contributed by atoms with E-state index < -0.39 is 40.2 Å². The van der Waals surface area contributed by atoms with Gasteiger partial charge in [-0.15, -0.1) is 0 Å². The second-order valence-electron chi connectivity index (χ2n) is 13.6. The highest BCUT2D eigenvalue weighted by molar-refractivity contribution is 8.13. The minimum Gasteiger partial charge on any atom is -0.465 e. The number of hydrogen-bond acceptors (Lipinski definition) is 9. The average molecular weight is 649 g/mol.